The highest BCUT2D eigenvalue weighted by molar-refractivity contribution is 6.46. The molecule has 0 spiro atoms. The molecule has 1 unspecified atom stereocenters. The quantitative estimate of drug-likeness (QED) is 0.253. The number of ether oxygens (including phenoxy) is 2. The van der Waals surface area contributed by atoms with Crippen LogP contribution in [0.15, 0.2) is 78.4 Å². The normalized spacial score (nSPS) is 17.0. The van der Waals surface area contributed by atoms with Crippen molar-refractivity contribution < 1.29 is 24.2 Å². The molecule has 0 aromatic heterocycles. The van der Waals surface area contributed by atoms with E-state index in [9.17, 15) is 14.7 Å². The molecule has 3 aromatic rings. The van der Waals surface area contributed by atoms with Gasteiger partial charge in [-0.3, -0.25) is 9.59 Å². The smallest absolute Gasteiger partial charge is 0.295 e. The molecule has 36 heavy (non-hydrogen) atoms. The summed E-state index contributed by atoms with van der Waals surface area (Å²) < 4.78 is 11.0. The molecular weight excluding hydrogens is 454 g/mol. The summed E-state index contributed by atoms with van der Waals surface area (Å²) in [5, 5.41) is 11.3. The number of carbonyl (C=O) groups excluding carboxylic acids is 2. The van der Waals surface area contributed by atoms with Gasteiger partial charge in [0.2, 0.25) is 0 Å². The number of carbonyl (C=O) groups is 2. The first-order valence-corrected chi connectivity index (χ1v) is 12.0. The zero-order chi connectivity index (χ0) is 25.8. The Morgan fingerprint density at radius 3 is 2.25 bits per heavy atom. The highest BCUT2D eigenvalue weighted by Crippen LogP contribution is 2.40. The van der Waals surface area contributed by atoms with Crippen molar-refractivity contribution in [3.8, 4) is 11.5 Å². The van der Waals surface area contributed by atoms with E-state index in [2.05, 4.69) is 13.8 Å². The first kappa shape index (κ1) is 25.0. The number of rotatable bonds is 8. The predicted molar refractivity (Wildman–Crippen MR) is 139 cm³/mol. The highest BCUT2D eigenvalue weighted by Gasteiger charge is 2.46. The monoisotopic (exact) mass is 485 g/mol. The van der Waals surface area contributed by atoms with Crippen LogP contribution in [-0.4, -0.2) is 35.4 Å². The highest BCUT2D eigenvalue weighted by atomic mass is 16.5. The summed E-state index contributed by atoms with van der Waals surface area (Å²) in [4.78, 5) is 28.0. The van der Waals surface area contributed by atoms with Crippen LogP contribution in [0.3, 0.4) is 0 Å². The topological polar surface area (TPSA) is 76.1 Å². The SMILES string of the molecule is COc1ccc(CN2C(=O)C(=O)/C(=C(\O)c3ccc(OCC(C)C)cc3)C2c2cccc(C)c2)cc1. The van der Waals surface area contributed by atoms with Gasteiger partial charge in [-0.05, 0) is 60.4 Å². The molecular formula is C30H31NO5. The average Bonchev–Trinajstić information content (AvgIpc) is 3.12. The lowest BCUT2D eigenvalue weighted by molar-refractivity contribution is -0.140. The molecule has 3 aromatic carbocycles. The Hall–Kier alpha value is -4.06. The number of likely N-dealkylation sites (tertiary alicyclic amines) is 1. The molecule has 1 aliphatic rings. The molecule has 4 rings (SSSR count). The maximum atomic E-state index is 13.3. The summed E-state index contributed by atoms with van der Waals surface area (Å²) in [6.45, 7) is 6.88. The zero-order valence-electron chi connectivity index (χ0n) is 21.0. The van der Waals surface area contributed by atoms with Crippen molar-refractivity contribution in [3.05, 3.63) is 101 Å². The second kappa shape index (κ2) is 10.7. The Morgan fingerprint density at radius 2 is 1.64 bits per heavy atom. The third kappa shape index (κ3) is 5.28. The zero-order valence-corrected chi connectivity index (χ0v) is 21.0. The molecule has 6 heteroatoms. The van der Waals surface area contributed by atoms with Gasteiger partial charge in [0.05, 0.1) is 25.3 Å². The van der Waals surface area contributed by atoms with Gasteiger partial charge in [0, 0.05) is 12.1 Å². The molecule has 0 saturated carbocycles. The maximum absolute atomic E-state index is 13.3. The van der Waals surface area contributed by atoms with Crippen molar-refractivity contribution in [2.75, 3.05) is 13.7 Å². The molecule has 1 N–H and O–H groups in total. The van der Waals surface area contributed by atoms with Crippen LogP contribution >= 0.6 is 0 Å². The van der Waals surface area contributed by atoms with Gasteiger partial charge in [0.25, 0.3) is 11.7 Å². The fourth-order valence-electron chi connectivity index (χ4n) is 4.28. The number of Topliss-reactive ketones (excluding diaryl/α,β-unsaturated/α-hetero) is 1. The maximum Gasteiger partial charge on any atom is 0.295 e. The minimum Gasteiger partial charge on any atom is -0.507 e. The number of benzene rings is 3. The first-order valence-electron chi connectivity index (χ1n) is 12.0. The number of ketones is 1. The van der Waals surface area contributed by atoms with Gasteiger partial charge in [-0.15, -0.1) is 0 Å². The molecule has 1 heterocycles. The van der Waals surface area contributed by atoms with E-state index in [1.54, 1.807) is 31.4 Å². The lowest BCUT2D eigenvalue weighted by atomic mass is 9.94. The van der Waals surface area contributed by atoms with Crippen molar-refractivity contribution in [3.63, 3.8) is 0 Å². The molecule has 0 radical (unpaired) electrons. The van der Waals surface area contributed by atoms with Crippen LogP contribution < -0.4 is 9.47 Å². The molecule has 1 saturated heterocycles. The second-order valence-electron chi connectivity index (χ2n) is 9.42. The van der Waals surface area contributed by atoms with Gasteiger partial charge < -0.3 is 19.5 Å². The van der Waals surface area contributed by atoms with Crippen molar-refractivity contribution in [2.45, 2.75) is 33.4 Å². The fourth-order valence-corrected chi connectivity index (χ4v) is 4.28. The molecule has 1 amide bonds. The molecule has 1 fully saturated rings. The molecule has 0 aliphatic carbocycles. The lowest BCUT2D eigenvalue weighted by Crippen LogP contribution is -2.29. The minimum absolute atomic E-state index is 0.0787. The van der Waals surface area contributed by atoms with Gasteiger partial charge in [-0.1, -0.05) is 55.8 Å². The van der Waals surface area contributed by atoms with E-state index in [1.807, 2.05) is 55.5 Å². The Balaban J connectivity index is 1.75. The van der Waals surface area contributed by atoms with Crippen LogP contribution in [-0.2, 0) is 16.1 Å². The Bertz CT molecular complexity index is 1280. The van der Waals surface area contributed by atoms with Gasteiger partial charge >= 0.3 is 0 Å². The number of aryl methyl sites for hydroxylation is 1. The van der Waals surface area contributed by atoms with E-state index >= 15 is 0 Å². The van der Waals surface area contributed by atoms with Crippen molar-refractivity contribution in [2.24, 2.45) is 5.92 Å². The lowest BCUT2D eigenvalue weighted by Gasteiger charge is -2.26. The van der Waals surface area contributed by atoms with Crippen molar-refractivity contribution >= 4 is 17.4 Å². The van der Waals surface area contributed by atoms with Crippen LogP contribution in [0.2, 0.25) is 0 Å². The van der Waals surface area contributed by atoms with Crippen LogP contribution in [0.4, 0.5) is 0 Å². The predicted octanol–water partition coefficient (Wildman–Crippen LogP) is 5.66. The Kier molecular flexibility index (Phi) is 7.44. The standard InChI is InChI=1S/C30H31NO5/c1-19(2)18-36-25-14-10-22(11-15-25)28(32)26-27(23-7-5-6-20(3)16-23)31(30(34)29(26)33)17-21-8-12-24(35-4)13-9-21/h5-16,19,27,32H,17-18H2,1-4H3/b28-26-. The van der Waals surface area contributed by atoms with E-state index < -0.39 is 17.7 Å². The molecule has 6 nitrogen and oxygen atoms in total. The summed E-state index contributed by atoms with van der Waals surface area (Å²) in [7, 11) is 1.59. The number of methoxy groups -OCH3 is 1. The second-order valence-corrected chi connectivity index (χ2v) is 9.42. The fraction of sp³-hybridized carbons (Fsp3) is 0.267. The summed E-state index contributed by atoms with van der Waals surface area (Å²) in [6.07, 6.45) is 0. The number of nitrogens with zero attached hydrogens (tertiary/aromatic N) is 1. The van der Waals surface area contributed by atoms with Gasteiger partial charge in [0.15, 0.2) is 0 Å². The largest absolute Gasteiger partial charge is 0.507 e. The summed E-state index contributed by atoms with van der Waals surface area (Å²) >= 11 is 0. The Labute approximate surface area is 211 Å². The van der Waals surface area contributed by atoms with Crippen LogP contribution in [0.25, 0.3) is 5.76 Å². The van der Waals surface area contributed by atoms with Crippen LogP contribution in [0.5, 0.6) is 11.5 Å². The third-order valence-corrected chi connectivity index (χ3v) is 6.12. The van der Waals surface area contributed by atoms with E-state index in [0.717, 1.165) is 16.7 Å². The van der Waals surface area contributed by atoms with Gasteiger partial charge in [-0.2, -0.15) is 0 Å². The van der Waals surface area contributed by atoms with Crippen LogP contribution in [0, 0.1) is 12.8 Å². The van der Waals surface area contributed by atoms with E-state index in [1.165, 1.54) is 4.90 Å². The van der Waals surface area contributed by atoms with E-state index in [-0.39, 0.29) is 17.9 Å². The molecule has 186 valence electrons. The van der Waals surface area contributed by atoms with E-state index in [4.69, 9.17) is 9.47 Å². The van der Waals surface area contributed by atoms with Crippen LogP contribution in [0.1, 0.15) is 42.1 Å². The Morgan fingerprint density at radius 1 is 0.972 bits per heavy atom. The average molecular weight is 486 g/mol. The number of aliphatic hydroxyl groups excluding tert-OH is 1. The van der Waals surface area contributed by atoms with E-state index in [0.29, 0.717) is 29.6 Å². The summed E-state index contributed by atoms with van der Waals surface area (Å²) in [5.74, 6) is 0.220. The van der Waals surface area contributed by atoms with Crippen molar-refractivity contribution in [1.29, 1.82) is 0 Å². The number of hydrogen-bond acceptors (Lipinski definition) is 5. The molecule has 1 aliphatic heterocycles. The minimum atomic E-state index is -0.719. The van der Waals surface area contributed by atoms with Gasteiger partial charge in [-0.25, -0.2) is 0 Å². The molecule has 1 atom stereocenters. The van der Waals surface area contributed by atoms with Crippen molar-refractivity contribution in [1.82, 2.24) is 4.90 Å². The van der Waals surface area contributed by atoms with Gasteiger partial charge in [0.1, 0.15) is 17.3 Å². The third-order valence-electron chi connectivity index (χ3n) is 6.12. The summed E-state index contributed by atoms with van der Waals surface area (Å²) in [5.41, 5.74) is 3.14. The summed E-state index contributed by atoms with van der Waals surface area (Å²) in [6, 6.07) is 21.2. The number of amides is 1. The number of hydrogen-bond donors (Lipinski definition) is 1. The number of aliphatic hydroxyl groups is 1. The first-order chi connectivity index (χ1) is 17.3. The molecule has 0 bridgehead atoms.